The van der Waals surface area contributed by atoms with E-state index >= 15 is 0 Å². The molecule has 0 saturated heterocycles. The number of hydrogen-bond acceptors (Lipinski definition) is 3. The Morgan fingerprint density at radius 3 is 2.60 bits per heavy atom. The highest BCUT2D eigenvalue weighted by Gasteiger charge is 2.09. The van der Waals surface area contributed by atoms with Gasteiger partial charge in [-0.05, 0) is 36.4 Å². The smallest absolute Gasteiger partial charge is 0.255 e. The van der Waals surface area contributed by atoms with E-state index in [1.54, 1.807) is 6.07 Å². The van der Waals surface area contributed by atoms with Gasteiger partial charge in [-0.25, -0.2) is 4.39 Å². The summed E-state index contributed by atoms with van der Waals surface area (Å²) in [6.07, 6.45) is 0. The molecule has 0 unspecified atom stereocenters. The lowest BCUT2D eigenvalue weighted by molar-refractivity contribution is 0.102. The summed E-state index contributed by atoms with van der Waals surface area (Å²) < 4.78 is 13.2. The van der Waals surface area contributed by atoms with Crippen LogP contribution in [-0.4, -0.2) is 20.0 Å². The Bertz CT molecular complexity index is 621. The van der Waals surface area contributed by atoms with Crippen LogP contribution in [0, 0.1) is 5.82 Å². The van der Waals surface area contributed by atoms with Crippen molar-refractivity contribution in [1.29, 1.82) is 0 Å². The largest absolute Gasteiger partial charge is 0.399 e. The molecule has 104 valence electrons. The molecular weight excluding hydrogens is 257 g/mol. The van der Waals surface area contributed by atoms with Gasteiger partial charge >= 0.3 is 0 Å². The van der Waals surface area contributed by atoms with Crippen LogP contribution < -0.4 is 16.0 Å². The molecule has 0 heterocycles. The summed E-state index contributed by atoms with van der Waals surface area (Å²) in [5.41, 5.74) is 7.54. The zero-order valence-electron chi connectivity index (χ0n) is 11.4. The maximum absolute atomic E-state index is 13.2. The fourth-order valence-electron chi connectivity index (χ4n) is 1.81. The van der Waals surface area contributed by atoms with Gasteiger partial charge in [0.1, 0.15) is 5.82 Å². The number of carbonyl (C=O) groups is 1. The molecule has 1 amide bonds. The normalized spacial score (nSPS) is 10.2. The lowest BCUT2D eigenvalue weighted by atomic mass is 10.1. The van der Waals surface area contributed by atoms with E-state index in [4.69, 9.17) is 5.73 Å². The number of nitrogen functional groups attached to an aromatic ring is 1. The zero-order chi connectivity index (χ0) is 14.7. The van der Waals surface area contributed by atoms with Crippen LogP contribution in [0.1, 0.15) is 10.4 Å². The number of rotatable bonds is 3. The molecular formula is C15H16FN3O. The topological polar surface area (TPSA) is 58.4 Å². The minimum Gasteiger partial charge on any atom is -0.399 e. The van der Waals surface area contributed by atoms with Crippen molar-refractivity contribution in [2.75, 3.05) is 30.0 Å². The lowest BCUT2D eigenvalue weighted by Gasteiger charge is -2.14. The van der Waals surface area contributed by atoms with E-state index in [1.165, 1.54) is 12.1 Å². The van der Waals surface area contributed by atoms with Crippen molar-refractivity contribution in [3.63, 3.8) is 0 Å². The Balaban J connectivity index is 2.21. The molecule has 2 aromatic rings. The van der Waals surface area contributed by atoms with Gasteiger partial charge in [0.15, 0.2) is 0 Å². The molecule has 2 aromatic carbocycles. The Morgan fingerprint density at radius 2 is 1.95 bits per heavy atom. The second kappa shape index (κ2) is 5.61. The van der Waals surface area contributed by atoms with Crippen molar-refractivity contribution < 1.29 is 9.18 Å². The second-order valence-electron chi connectivity index (χ2n) is 4.67. The molecule has 20 heavy (non-hydrogen) atoms. The number of halogens is 1. The molecule has 0 fully saturated rings. The van der Waals surface area contributed by atoms with Crippen LogP contribution in [-0.2, 0) is 0 Å². The monoisotopic (exact) mass is 273 g/mol. The van der Waals surface area contributed by atoms with E-state index in [9.17, 15) is 9.18 Å². The van der Waals surface area contributed by atoms with Crippen LogP contribution in [0.2, 0.25) is 0 Å². The minimum absolute atomic E-state index is 0.192. The number of hydrogen-bond donors (Lipinski definition) is 2. The third kappa shape index (κ3) is 3.26. The summed E-state index contributed by atoms with van der Waals surface area (Å²) in [5, 5.41) is 2.72. The van der Waals surface area contributed by atoms with Crippen LogP contribution in [0.3, 0.4) is 0 Å². The highest BCUT2D eigenvalue weighted by molar-refractivity contribution is 6.05. The molecule has 2 rings (SSSR count). The zero-order valence-corrected chi connectivity index (χ0v) is 11.4. The summed E-state index contributed by atoms with van der Waals surface area (Å²) >= 11 is 0. The molecule has 0 spiro atoms. The average Bonchev–Trinajstić information content (AvgIpc) is 2.37. The minimum atomic E-state index is -0.530. The highest BCUT2D eigenvalue weighted by atomic mass is 19.1. The summed E-state index contributed by atoms with van der Waals surface area (Å²) in [5.74, 6) is -0.927. The van der Waals surface area contributed by atoms with E-state index in [0.717, 1.165) is 11.8 Å². The first kappa shape index (κ1) is 13.9. The van der Waals surface area contributed by atoms with Crippen molar-refractivity contribution in [3.05, 3.63) is 53.8 Å². The van der Waals surface area contributed by atoms with Gasteiger partial charge < -0.3 is 16.0 Å². The summed E-state index contributed by atoms with van der Waals surface area (Å²) in [4.78, 5) is 14.0. The number of carbonyl (C=O) groups excluding carboxylic acids is 1. The summed E-state index contributed by atoms with van der Waals surface area (Å²) in [6.45, 7) is 0. The first-order valence-electron chi connectivity index (χ1n) is 6.10. The van der Waals surface area contributed by atoms with Crippen LogP contribution in [0.5, 0.6) is 0 Å². The van der Waals surface area contributed by atoms with Gasteiger partial charge in [-0.3, -0.25) is 4.79 Å². The van der Waals surface area contributed by atoms with Gasteiger partial charge in [0.05, 0.1) is 0 Å². The molecule has 0 aliphatic rings. The third-order valence-corrected chi connectivity index (χ3v) is 2.80. The van der Waals surface area contributed by atoms with Crippen LogP contribution in [0.4, 0.5) is 21.5 Å². The Morgan fingerprint density at radius 1 is 1.20 bits per heavy atom. The highest BCUT2D eigenvalue weighted by Crippen LogP contribution is 2.19. The van der Waals surface area contributed by atoms with E-state index < -0.39 is 11.7 Å². The first-order chi connectivity index (χ1) is 9.45. The summed E-state index contributed by atoms with van der Waals surface area (Å²) in [7, 11) is 3.82. The van der Waals surface area contributed by atoms with Crippen molar-refractivity contribution in [2.45, 2.75) is 0 Å². The van der Waals surface area contributed by atoms with Gasteiger partial charge in [-0.15, -0.1) is 0 Å². The third-order valence-electron chi connectivity index (χ3n) is 2.80. The van der Waals surface area contributed by atoms with Crippen LogP contribution in [0.15, 0.2) is 42.5 Å². The predicted octanol–water partition coefficient (Wildman–Crippen LogP) is 2.73. The number of amides is 1. The fourth-order valence-corrected chi connectivity index (χ4v) is 1.81. The van der Waals surface area contributed by atoms with Crippen LogP contribution in [0.25, 0.3) is 0 Å². The second-order valence-corrected chi connectivity index (χ2v) is 4.67. The van der Waals surface area contributed by atoms with E-state index in [2.05, 4.69) is 5.32 Å². The van der Waals surface area contributed by atoms with E-state index in [0.29, 0.717) is 5.69 Å². The average molecular weight is 273 g/mol. The Hall–Kier alpha value is -2.56. The maximum atomic E-state index is 13.2. The number of nitrogens with one attached hydrogen (secondary N) is 1. The SMILES string of the molecule is CN(C)c1cccc(NC(=O)c2cc(N)cc(F)c2)c1. The van der Waals surface area contributed by atoms with E-state index in [-0.39, 0.29) is 11.3 Å². The molecule has 0 aromatic heterocycles. The fraction of sp³-hybridized carbons (Fsp3) is 0.133. The standard InChI is InChI=1S/C15H16FN3O/c1-19(2)14-5-3-4-13(9-14)18-15(20)10-6-11(16)8-12(17)7-10/h3-9H,17H2,1-2H3,(H,18,20). The molecule has 0 saturated carbocycles. The van der Waals surface area contributed by atoms with Gasteiger partial charge in [0.2, 0.25) is 0 Å². The molecule has 3 N–H and O–H groups in total. The van der Waals surface area contributed by atoms with Crippen molar-refractivity contribution >= 4 is 23.0 Å². The van der Waals surface area contributed by atoms with Gasteiger partial charge in [0, 0.05) is 36.7 Å². The first-order valence-corrected chi connectivity index (χ1v) is 6.10. The summed E-state index contributed by atoms with van der Waals surface area (Å²) in [6, 6.07) is 11.1. The number of benzene rings is 2. The Kier molecular flexibility index (Phi) is 3.89. The molecule has 0 aliphatic heterocycles. The van der Waals surface area contributed by atoms with Gasteiger partial charge in [0.25, 0.3) is 5.91 Å². The quantitative estimate of drug-likeness (QED) is 0.845. The van der Waals surface area contributed by atoms with Crippen molar-refractivity contribution in [2.24, 2.45) is 0 Å². The maximum Gasteiger partial charge on any atom is 0.255 e. The molecule has 0 radical (unpaired) electrons. The lowest BCUT2D eigenvalue weighted by Crippen LogP contribution is -2.14. The predicted molar refractivity (Wildman–Crippen MR) is 79.5 cm³/mol. The molecule has 0 atom stereocenters. The van der Waals surface area contributed by atoms with Gasteiger partial charge in [-0.2, -0.15) is 0 Å². The Labute approximate surface area is 117 Å². The number of nitrogens with zero attached hydrogens (tertiary/aromatic N) is 1. The van der Waals surface area contributed by atoms with E-state index in [1.807, 2.05) is 37.2 Å². The molecule has 0 aliphatic carbocycles. The number of anilines is 3. The molecule has 0 bridgehead atoms. The van der Waals surface area contributed by atoms with Crippen LogP contribution >= 0.6 is 0 Å². The van der Waals surface area contributed by atoms with Crippen molar-refractivity contribution in [3.8, 4) is 0 Å². The number of nitrogens with two attached hydrogens (primary N) is 1. The van der Waals surface area contributed by atoms with Gasteiger partial charge in [-0.1, -0.05) is 6.07 Å². The molecule has 4 nitrogen and oxygen atoms in total. The van der Waals surface area contributed by atoms with Crippen molar-refractivity contribution in [1.82, 2.24) is 0 Å². The molecule has 5 heteroatoms.